The van der Waals surface area contributed by atoms with Gasteiger partial charge in [0.2, 0.25) is 0 Å². The van der Waals surface area contributed by atoms with E-state index in [0.717, 1.165) is 23.3 Å². The molecule has 0 heterocycles. The van der Waals surface area contributed by atoms with Gasteiger partial charge >= 0.3 is 6.18 Å². The van der Waals surface area contributed by atoms with E-state index in [4.69, 9.17) is 5.73 Å². The zero-order chi connectivity index (χ0) is 15.5. The van der Waals surface area contributed by atoms with E-state index in [1.807, 2.05) is 0 Å². The molecule has 0 spiro atoms. The molecule has 0 aliphatic rings. The highest BCUT2D eigenvalue weighted by atomic mass is 19.4. The highest BCUT2D eigenvalue weighted by Gasteiger charge is 2.30. The van der Waals surface area contributed by atoms with Crippen LogP contribution in [0.2, 0.25) is 0 Å². The number of hydrogen-bond donors (Lipinski definition) is 1. The minimum absolute atomic E-state index is 0.0364. The fraction of sp³-hybridized carbons (Fsp3) is 0.188. The van der Waals surface area contributed by atoms with E-state index in [2.05, 4.69) is 0 Å². The molecule has 0 amide bonds. The quantitative estimate of drug-likeness (QED) is 0.875. The number of benzene rings is 2. The summed E-state index contributed by atoms with van der Waals surface area (Å²) in [5, 5.41) is 0. The van der Waals surface area contributed by atoms with Crippen molar-refractivity contribution in [2.45, 2.75) is 19.1 Å². The van der Waals surface area contributed by atoms with Crippen molar-refractivity contribution in [3.8, 4) is 0 Å². The van der Waals surface area contributed by atoms with Gasteiger partial charge in [0.15, 0.2) is 5.78 Å². The molecule has 21 heavy (non-hydrogen) atoms. The van der Waals surface area contributed by atoms with Gasteiger partial charge in [0.1, 0.15) is 0 Å². The minimum atomic E-state index is -4.45. The molecule has 0 saturated heterocycles. The standard InChI is InChI=1S/C16H14F3NO/c17-16(18,19)14-7-3-6-12(8-14)15(21)9-11-4-1-2-5-13(11)10-20/h1-8H,9-10,20H2. The highest BCUT2D eigenvalue weighted by Crippen LogP contribution is 2.29. The lowest BCUT2D eigenvalue weighted by atomic mass is 9.98. The second kappa shape index (κ2) is 6.10. The first-order chi connectivity index (χ1) is 9.91. The molecule has 2 N–H and O–H groups in total. The van der Waals surface area contributed by atoms with Crippen LogP contribution in [0, 0.1) is 0 Å². The van der Waals surface area contributed by atoms with Crippen LogP contribution in [0.4, 0.5) is 13.2 Å². The van der Waals surface area contributed by atoms with Gasteiger partial charge in [-0.3, -0.25) is 4.79 Å². The molecule has 0 unspecified atom stereocenters. The lowest BCUT2D eigenvalue weighted by molar-refractivity contribution is -0.137. The number of rotatable bonds is 4. The second-order valence-corrected chi connectivity index (χ2v) is 4.65. The van der Waals surface area contributed by atoms with Crippen LogP contribution in [-0.4, -0.2) is 5.78 Å². The Bertz CT molecular complexity index is 650. The first-order valence-corrected chi connectivity index (χ1v) is 6.39. The Labute approximate surface area is 120 Å². The van der Waals surface area contributed by atoms with Crippen molar-refractivity contribution >= 4 is 5.78 Å². The van der Waals surface area contributed by atoms with Crippen molar-refractivity contribution < 1.29 is 18.0 Å². The van der Waals surface area contributed by atoms with Gasteiger partial charge in [-0.25, -0.2) is 0 Å². The number of ketones is 1. The van der Waals surface area contributed by atoms with E-state index < -0.39 is 11.7 Å². The predicted octanol–water partition coefficient (Wildman–Crippen LogP) is 3.59. The Morgan fingerprint density at radius 1 is 1.00 bits per heavy atom. The smallest absolute Gasteiger partial charge is 0.326 e. The molecule has 0 bridgehead atoms. The number of hydrogen-bond acceptors (Lipinski definition) is 2. The second-order valence-electron chi connectivity index (χ2n) is 4.65. The summed E-state index contributed by atoms with van der Waals surface area (Å²) >= 11 is 0. The molecule has 5 heteroatoms. The van der Waals surface area contributed by atoms with E-state index in [0.29, 0.717) is 0 Å². The molecule has 110 valence electrons. The highest BCUT2D eigenvalue weighted by molar-refractivity contribution is 5.97. The number of Topliss-reactive ketones (excluding diaryl/α,β-unsaturated/α-hetero) is 1. The Hall–Kier alpha value is -2.14. The zero-order valence-electron chi connectivity index (χ0n) is 11.2. The van der Waals surface area contributed by atoms with Gasteiger partial charge in [-0.1, -0.05) is 36.4 Å². The molecule has 0 aliphatic heterocycles. The van der Waals surface area contributed by atoms with Crippen molar-refractivity contribution in [1.82, 2.24) is 0 Å². The third-order valence-corrected chi connectivity index (χ3v) is 3.20. The van der Waals surface area contributed by atoms with Crippen LogP contribution in [0.1, 0.15) is 27.0 Å². The lowest BCUT2D eigenvalue weighted by Gasteiger charge is -2.09. The topological polar surface area (TPSA) is 43.1 Å². The number of alkyl halides is 3. The molecule has 0 atom stereocenters. The molecule has 0 radical (unpaired) electrons. The molecular weight excluding hydrogens is 279 g/mol. The molecule has 2 aromatic carbocycles. The normalized spacial score (nSPS) is 11.4. The maximum absolute atomic E-state index is 12.6. The summed E-state index contributed by atoms with van der Waals surface area (Å²) in [7, 11) is 0. The molecule has 2 aromatic rings. The van der Waals surface area contributed by atoms with Crippen LogP contribution in [0.25, 0.3) is 0 Å². The van der Waals surface area contributed by atoms with Gasteiger partial charge in [0, 0.05) is 18.5 Å². The van der Waals surface area contributed by atoms with E-state index in [9.17, 15) is 18.0 Å². The van der Waals surface area contributed by atoms with Gasteiger partial charge in [0.05, 0.1) is 5.56 Å². The SMILES string of the molecule is NCc1ccccc1CC(=O)c1cccc(C(F)(F)F)c1. The van der Waals surface area contributed by atoms with Gasteiger partial charge in [-0.2, -0.15) is 13.2 Å². The van der Waals surface area contributed by atoms with Crippen LogP contribution < -0.4 is 5.73 Å². The van der Waals surface area contributed by atoms with Crippen molar-refractivity contribution in [2.75, 3.05) is 0 Å². The zero-order valence-corrected chi connectivity index (χ0v) is 11.2. The Balaban J connectivity index is 2.25. The molecule has 0 saturated carbocycles. The number of nitrogens with two attached hydrogens (primary N) is 1. The van der Waals surface area contributed by atoms with E-state index in [1.54, 1.807) is 24.3 Å². The number of carbonyl (C=O) groups is 1. The first-order valence-electron chi connectivity index (χ1n) is 6.39. The van der Waals surface area contributed by atoms with Crippen molar-refractivity contribution in [2.24, 2.45) is 5.73 Å². The van der Waals surface area contributed by atoms with Crippen molar-refractivity contribution in [1.29, 1.82) is 0 Å². The number of halogens is 3. The molecule has 2 rings (SSSR count). The first kappa shape index (κ1) is 15.3. The van der Waals surface area contributed by atoms with Crippen LogP contribution in [0.15, 0.2) is 48.5 Å². The maximum atomic E-state index is 12.6. The summed E-state index contributed by atoms with van der Waals surface area (Å²) in [5.74, 6) is -0.359. The minimum Gasteiger partial charge on any atom is -0.326 e. The number of carbonyl (C=O) groups excluding carboxylic acids is 1. The van der Waals surface area contributed by atoms with E-state index in [1.165, 1.54) is 12.1 Å². The summed E-state index contributed by atoms with van der Waals surface area (Å²) in [6.45, 7) is 0.284. The van der Waals surface area contributed by atoms with Crippen molar-refractivity contribution in [3.05, 3.63) is 70.8 Å². The van der Waals surface area contributed by atoms with Crippen molar-refractivity contribution in [3.63, 3.8) is 0 Å². The Morgan fingerprint density at radius 3 is 2.29 bits per heavy atom. The van der Waals surface area contributed by atoms with Crippen LogP contribution in [0.5, 0.6) is 0 Å². The predicted molar refractivity (Wildman–Crippen MR) is 73.8 cm³/mol. The van der Waals surface area contributed by atoms with Crippen LogP contribution in [0.3, 0.4) is 0 Å². The third kappa shape index (κ3) is 3.70. The van der Waals surface area contributed by atoms with Gasteiger partial charge in [-0.15, -0.1) is 0 Å². The van der Waals surface area contributed by atoms with E-state index >= 15 is 0 Å². The Morgan fingerprint density at radius 2 is 1.67 bits per heavy atom. The third-order valence-electron chi connectivity index (χ3n) is 3.20. The molecule has 0 aliphatic carbocycles. The molecule has 0 fully saturated rings. The van der Waals surface area contributed by atoms with Gasteiger partial charge < -0.3 is 5.73 Å². The molecule has 0 aromatic heterocycles. The fourth-order valence-electron chi connectivity index (χ4n) is 2.07. The van der Waals surface area contributed by atoms with Gasteiger partial charge in [-0.05, 0) is 23.3 Å². The average molecular weight is 293 g/mol. The van der Waals surface area contributed by atoms with E-state index in [-0.39, 0.29) is 24.3 Å². The van der Waals surface area contributed by atoms with Gasteiger partial charge in [0.25, 0.3) is 0 Å². The summed E-state index contributed by atoms with van der Waals surface area (Å²) in [6, 6.07) is 11.6. The summed E-state index contributed by atoms with van der Waals surface area (Å²) in [4.78, 5) is 12.2. The van der Waals surface area contributed by atoms with Crippen LogP contribution in [-0.2, 0) is 19.1 Å². The lowest BCUT2D eigenvalue weighted by Crippen LogP contribution is -2.10. The summed E-state index contributed by atoms with van der Waals surface area (Å²) in [5.41, 5.74) is 6.38. The van der Waals surface area contributed by atoms with Crippen LogP contribution >= 0.6 is 0 Å². The molecule has 2 nitrogen and oxygen atoms in total. The summed E-state index contributed by atoms with van der Waals surface area (Å²) in [6.07, 6.45) is -4.42. The molecular formula is C16H14F3NO. The maximum Gasteiger partial charge on any atom is 0.416 e. The fourth-order valence-corrected chi connectivity index (χ4v) is 2.07. The average Bonchev–Trinajstić information content (AvgIpc) is 2.47. The Kier molecular flexibility index (Phi) is 4.43. The largest absolute Gasteiger partial charge is 0.416 e. The summed E-state index contributed by atoms with van der Waals surface area (Å²) < 4.78 is 37.9. The monoisotopic (exact) mass is 293 g/mol.